The second-order valence-electron chi connectivity index (χ2n) is 4.81. The summed E-state index contributed by atoms with van der Waals surface area (Å²) in [5.41, 5.74) is 3.46. The molecule has 0 saturated carbocycles. The van der Waals surface area contributed by atoms with E-state index in [2.05, 4.69) is 23.1 Å². The fraction of sp³-hybridized carbons (Fsp3) is 0.500. The lowest BCUT2D eigenvalue weighted by Crippen LogP contribution is -2.29. The predicted molar refractivity (Wildman–Crippen MR) is 65.2 cm³/mol. The normalized spacial score (nSPS) is 20.0. The molecule has 3 rings (SSSR count). The van der Waals surface area contributed by atoms with Gasteiger partial charge in [0, 0.05) is 30.8 Å². The van der Waals surface area contributed by atoms with Gasteiger partial charge in [0.1, 0.15) is 0 Å². The molecule has 2 heteroatoms. The monoisotopic (exact) mass is 215 g/mol. The molecule has 0 aromatic heterocycles. The van der Waals surface area contributed by atoms with Gasteiger partial charge < -0.3 is 4.90 Å². The van der Waals surface area contributed by atoms with Crippen LogP contribution in [0.4, 0.5) is 5.69 Å². The van der Waals surface area contributed by atoms with E-state index < -0.39 is 0 Å². The molecule has 0 unspecified atom stereocenters. The van der Waals surface area contributed by atoms with E-state index in [0.29, 0.717) is 12.2 Å². The van der Waals surface area contributed by atoms with E-state index in [4.69, 9.17) is 0 Å². The summed E-state index contributed by atoms with van der Waals surface area (Å²) >= 11 is 0. The zero-order valence-corrected chi connectivity index (χ0v) is 9.54. The highest BCUT2D eigenvalue weighted by Gasteiger charge is 2.21. The Morgan fingerprint density at radius 1 is 1.00 bits per heavy atom. The molecular weight excluding hydrogens is 198 g/mol. The number of rotatable bonds is 1. The first kappa shape index (κ1) is 9.88. The van der Waals surface area contributed by atoms with E-state index in [9.17, 15) is 4.79 Å². The van der Waals surface area contributed by atoms with Crippen LogP contribution in [0, 0.1) is 0 Å². The van der Waals surface area contributed by atoms with Crippen LogP contribution in [0.25, 0.3) is 0 Å². The lowest BCUT2D eigenvalue weighted by atomic mass is 10.1. The van der Waals surface area contributed by atoms with Gasteiger partial charge in [0.15, 0.2) is 5.78 Å². The Morgan fingerprint density at radius 2 is 1.81 bits per heavy atom. The first-order valence-corrected chi connectivity index (χ1v) is 6.26. The van der Waals surface area contributed by atoms with Crippen molar-refractivity contribution in [2.45, 2.75) is 32.1 Å². The molecule has 1 aliphatic carbocycles. The summed E-state index contributed by atoms with van der Waals surface area (Å²) in [7, 11) is 0. The molecule has 16 heavy (non-hydrogen) atoms. The zero-order valence-electron chi connectivity index (χ0n) is 9.54. The Morgan fingerprint density at radius 3 is 2.62 bits per heavy atom. The fourth-order valence-electron chi connectivity index (χ4n) is 2.77. The molecule has 0 amide bonds. The molecule has 1 aromatic carbocycles. The van der Waals surface area contributed by atoms with E-state index in [0.717, 1.165) is 25.1 Å². The van der Waals surface area contributed by atoms with Crippen molar-refractivity contribution in [2.75, 3.05) is 18.0 Å². The van der Waals surface area contributed by atoms with Crippen LogP contribution in [0.5, 0.6) is 0 Å². The predicted octanol–water partition coefficient (Wildman–Crippen LogP) is 2.81. The van der Waals surface area contributed by atoms with Gasteiger partial charge in [0.25, 0.3) is 0 Å². The van der Waals surface area contributed by atoms with Crippen LogP contribution in [-0.4, -0.2) is 18.9 Å². The Bertz CT molecular complexity index is 419. The third kappa shape index (κ3) is 1.62. The summed E-state index contributed by atoms with van der Waals surface area (Å²) in [6, 6.07) is 6.43. The quantitative estimate of drug-likeness (QED) is 0.718. The minimum absolute atomic E-state index is 0.328. The molecule has 0 N–H and O–H groups in total. The molecule has 2 aliphatic rings. The van der Waals surface area contributed by atoms with Crippen molar-refractivity contribution in [1.29, 1.82) is 0 Å². The second kappa shape index (κ2) is 3.93. The van der Waals surface area contributed by atoms with Gasteiger partial charge >= 0.3 is 0 Å². The number of anilines is 1. The topological polar surface area (TPSA) is 20.3 Å². The highest BCUT2D eigenvalue weighted by atomic mass is 16.1. The maximum Gasteiger partial charge on any atom is 0.163 e. The maximum absolute atomic E-state index is 11.7. The van der Waals surface area contributed by atoms with Crippen molar-refractivity contribution >= 4 is 11.5 Å². The molecule has 1 heterocycles. The molecule has 0 bridgehead atoms. The van der Waals surface area contributed by atoms with Crippen LogP contribution in [0.2, 0.25) is 0 Å². The van der Waals surface area contributed by atoms with Crippen molar-refractivity contribution in [2.24, 2.45) is 0 Å². The number of carbonyl (C=O) groups is 1. The second-order valence-corrected chi connectivity index (χ2v) is 4.81. The summed E-state index contributed by atoms with van der Waals surface area (Å²) in [5, 5.41) is 0. The molecule has 84 valence electrons. The van der Waals surface area contributed by atoms with Gasteiger partial charge in [-0.3, -0.25) is 4.79 Å². The molecule has 1 aliphatic heterocycles. The highest BCUT2D eigenvalue weighted by Crippen LogP contribution is 2.28. The number of Topliss-reactive ketones (excluding diaryl/α,β-unsaturated/α-hetero) is 1. The van der Waals surface area contributed by atoms with Crippen molar-refractivity contribution in [1.82, 2.24) is 0 Å². The number of piperidine rings is 1. The lowest BCUT2D eigenvalue weighted by Gasteiger charge is -2.29. The number of hydrogen-bond acceptors (Lipinski definition) is 2. The van der Waals surface area contributed by atoms with Gasteiger partial charge in [-0.1, -0.05) is 6.07 Å². The molecule has 0 spiro atoms. The van der Waals surface area contributed by atoms with Gasteiger partial charge in [-0.25, -0.2) is 0 Å². The van der Waals surface area contributed by atoms with Gasteiger partial charge in [-0.2, -0.15) is 0 Å². The number of nitrogens with zero attached hydrogens (tertiary/aromatic N) is 1. The number of benzene rings is 1. The molecule has 1 saturated heterocycles. The lowest BCUT2D eigenvalue weighted by molar-refractivity contribution is 0.0994. The summed E-state index contributed by atoms with van der Waals surface area (Å²) in [6.45, 7) is 2.29. The maximum atomic E-state index is 11.7. The fourth-order valence-corrected chi connectivity index (χ4v) is 2.77. The van der Waals surface area contributed by atoms with Crippen molar-refractivity contribution < 1.29 is 4.79 Å². The molecular formula is C14H17NO. The largest absolute Gasteiger partial charge is 0.372 e. The Kier molecular flexibility index (Phi) is 2.43. The van der Waals surface area contributed by atoms with Crippen LogP contribution >= 0.6 is 0 Å². The number of carbonyl (C=O) groups excluding carboxylic acids is 1. The van der Waals surface area contributed by atoms with E-state index in [1.165, 1.54) is 30.5 Å². The van der Waals surface area contributed by atoms with E-state index >= 15 is 0 Å². The minimum Gasteiger partial charge on any atom is -0.372 e. The third-order valence-electron chi connectivity index (χ3n) is 3.74. The van der Waals surface area contributed by atoms with Crippen LogP contribution < -0.4 is 4.90 Å². The van der Waals surface area contributed by atoms with E-state index in [1.807, 2.05) is 0 Å². The van der Waals surface area contributed by atoms with E-state index in [1.54, 1.807) is 0 Å². The van der Waals surface area contributed by atoms with Crippen LogP contribution in [-0.2, 0) is 6.42 Å². The number of ketones is 1. The van der Waals surface area contributed by atoms with Gasteiger partial charge in [-0.05, 0) is 43.4 Å². The number of hydrogen-bond donors (Lipinski definition) is 0. The van der Waals surface area contributed by atoms with Crippen LogP contribution in [0.3, 0.4) is 0 Å². The highest BCUT2D eigenvalue weighted by molar-refractivity contribution is 6.01. The smallest absolute Gasteiger partial charge is 0.163 e. The molecule has 2 nitrogen and oxygen atoms in total. The van der Waals surface area contributed by atoms with E-state index in [-0.39, 0.29) is 0 Å². The average Bonchev–Trinajstić information content (AvgIpc) is 2.72. The molecule has 0 atom stereocenters. The van der Waals surface area contributed by atoms with Gasteiger partial charge in [0.05, 0.1) is 0 Å². The number of aryl methyl sites for hydroxylation is 1. The average molecular weight is 215 g/mol. The first-order chi connectivity index (χ1) is 7.84. The van der Waals surface area contributed by atoms with Gasteiger partial charge in [-0.15, -0.1) is 0 Å². The van der Waals surface area contributed by atoms with Crippen LogP contribution in [0.1, 0.15) is 41.6 Å². The van der Waals surface area contributed by atoms with Crippen LogP contribution in [0.15, 0.2) is 18.2 Å². The summed E-state index contributed by atoms with van der Waals surface area (Å²) in [4.78, 5) is 14.1. The third-order valence-corrected chi connectivity index (χ3v) is 3.74. The Hall–Kier alpha value is -1.31. The molecule has 1 fully saturated rings. The standard InChI is InChI=1S/C14H17NO/c16-14-7-5-11-4-6-12(10-13(11)14)15-8-2-1-3-9-15/h4,6,10H,1-3,5,7-9H2. The Balaban J connectivity index is 1.91. The summed E-state index contributed by atoms with van der Waals surface area (Å²) in [5.74, 6) is 0.328. The van der Waals surface area contributed by atoms with Gasteiger partial charge in [0.2, 0.25) is 0 Å². The van der Waals surface area contributed by atoms with Crippen molar-refractivity contribution in [3.8, 4) is 0 Å². The summed E-state index contributed by atoms with van der Waals surface area (Å²) < 4.78 is 0. The Labute approximate surface area is 96.3 Å². The van der Waals surface area contributed by atoms with Crippen molar-refractivity contribution in [3.05, 3.63) is 29.3 Å². The first-order valence-electron chi connectivity index (χ1n) is 6.26. The summed E-state index contributed by atoms with van der Waals surface area (Å²) in [6.07, 6.45) is 5.56. The minimum atomic E-state index is 0.328. The van der Waals surface area contributed by atoms with Crippen molar-refractivity contribution in [3.63, 3.8) is 0 Å². The number of fused-ring (bicyclic) bond motifs is 1. The molecule has 1 aromatic rings. The molecule has 0 radical (unpaired) electrons. The SMILES string of the molecule is O=C1CCc2ccc(N3CCCCC3)cc21. The zero-order chi connectivity index (χ0) is 11.0.